The number of hydrogen-bond acceptors (Lipinski definition) is 6. The molecular formula is C31H35N5O3. The van der Waals surface area contributed by atoms with Crippen LogP contribution in [0, 0.1) is 5.92 Å². The molecule has 2 fully saturated rings. The van der Waals surface area contributed by atoms with Gasteiger partial charge in [0.05, 0.1) is 36.5 Å². The molecule has 0 aliphatic heterocycles. The first kappa shape index (κ1) is 25.3. The molecule has 0 bridgehead atoms. The number of carbonyl (C=O) groups is 1. The van der Waals surface area contributed by atoms with E-state index in [9.17, 15) is 4.79 Å². The topological polar surface area (TPSA) is 84.1 Å². The van der Waals surface area contributed by atoms with Crippen LogP contribution >= 0.6 is 0 Å². The van der Waals surface area contributed by atoms with Crippen molar-refractivity contribution >= 4 is 5.97 Å². The zero-order chi connectivity index (χ0) is 26.9. The van der Waals surface area contributed by atoms with Gasteiger partial charge in [-0.25, -0.2) is 9.48 Å². The van der Waals surface area contributed by atoms with Crippen LogP contribution in [0.2, 0.25) is 0 Å². The van der Waals surface area contributed by atoms with E-state index in [1.54, 1.807) is 10.9 Å². The monoisotopic (exact) mass is 525 g/mol. The summed E-state index contributed by atoms with van der Waals surface area (Å²) in [6, 6.07) is 16.6. The number of rotatable bonds is 8. The maximum atomic E-state index is 12.7. The average molecular weight is 526 g/mol. The highest BCUT2D eigenvalue weighted by atomic mass is 16.5. The molecule has 202 valence electrons. The molecule has 2 aliphatic carbocycles. The first-order valence-corrected chi connectivity index (χ1v) is 13.9. The fraction of sp³-hybridized carbons (Fsp3) is 0.419. The van der Waals surface area contributed by atoms with E-state index in [4.69, 9.17) is 9.47 Å². The summed E-state index contributed by atoms with van der Waals surface area (Å²) in [5, 5.41) is 13.0. The molecule has 0 radical (unpaired) electrons. The van der Waals surface area contributed by atoms with Gasteiger partial charge in [-0.15, -0.1) is 5.10 Å². The highest BCUT2D eigenvalue weighted by molar-refractivity contribution is 5.91. The second-order valence-corrected chi connectivity index (χ2v) is 10.9. The van der Waals surface area contributed by atoms with Gasteiger partial charge in [-0.2, -0.15) is 5.10 Å². The Bertz CT molecular complexity index is 1470. The van der Waals surface area contributed by atoms with Crippen LogP contribution in [0.1, 0.15) is 79.0 Å². The molecule has 39 heavy (non-hydrogen) atoms. The molecule has 6 rings (SSSR count). The van der Waals surface area contributed by atoms with Crippen molar-refractivity contribution < 1.29 is 14.3 Å². The number of nitrogens with zero attached hydrogens (tertiary/aromatic N) is 5. The lowest BCUT2D eigenvalue weighted by atomic mass is 9.86. The fourth-order valence-corrected chi connectivity index (χ4v) is 6.03. The Balaban J connectivity index is 1.29. The number of methoxy groups -OCH3 is 1. The Morgan fingerprint density at radius 3 is 2.54 bits per heavy atom. The molecule has 4 aromatic rings. The van der Waals surface area contributed by atoms with Gasteiger partial charge >= 0.3 is 5.97 Å². The molecule has 0 amide bonds. The zero-order valence-electron chi connectivity index (χ0n) is 22.8. The Morgan fingerprint density at radius 1 is 1.03 bits per heavy atom. The minimum atomic E-state index is -0.380. The molecule has 8 heteroatoms. The summed E-state index contributed by atoms with van der Waals surface area (Å²) in [5.74, 6) is 1.45. The predicted octanol–water partition coefficient (Wildman–Crippen LogP) is 6.07. The Kier molecular flexibility index (Phi) is 6.94. The molecule has 0 unspecified atom stereocenters. The maximum Gasteiger partial charge on any atom is 0.341 e. The third-order valence-corrected chi connectivity index (χ3v) is 8.25. The average Bonchev–Trinajstić information content (AvgIpc) is 3.42. The van der Waals surface area contributed by atoms with Crippen LogP contribution in [-0.2, 0) is 11.8 Å². The van der Waals surface area contributed by atoms with Crippen LogP contribution in [0.15, 0.2) is 60.9 Å². The number of aryl methyl sites for hydroxylation is 1. The number of hydrogen-bond donors (Lipinski definition) is 0. The SMILES string of the molecule is COC(=O)c1cnn(-c2cccc(-c3cccc(O[C@@H](C)C4CCCCC4)c3)c2)c1[C@@H]1C[C@@H]1c1cn(C)nn1. The van der Waals surface area contributed by atoms with Crippen molar-refractivity contribution in [3.05, 3.63) is 77.9 Å². The lowest BCUT2D eigenvalue weighted by Gasteiger charge is -2.28. The van der Waals surface area contributed by atoms with Gasteiger partial charge in [-0.05, 0) is 67.5 Å². The van der Waals surface area contributed by atoms with Crippen LogP contribution in [0.25, 0.3) is 16.8 Å². The molecule has 0 N–H and O–H groups in total. The molecule has 8 nitrogen and oxygen atoms in total. The Morgan fingerprint density at radius 2 is 1.79 bits per heavy atom. The molecule has 3 atom stereocenters. The van der Waals surface area contributed by atoms with Gasteiger partial charge in [0.2, 0.25) is 0 Å². The third-order valence-electron chi connectivity index (χ3n) is 8.25. The number of esters is 1. The molecular weight excluding hydrogens is 490 g/mol. The second kappa shape index (κ2) is 10.7. The fourth-order valence-electron chi connectivity index (χ4n) is 6.03. The summed E-state index contributed by atoms with van der Waals surface area (Å²) in [5.41, 5.74) is 5.31. The third kappa shape index (κ3) is 5.20. The summed E-state index contributed by atoms with van der Waals surface area (Å²) in [6.07, 6.45) is 11.1. The second-order valence-electron chi connectivity index (χ2n) is 10.9. The maximum absolute atomic E-state index is 12.7. The van der Waals surface area contributed by atoms with Crippen molar-refractivity contribution in [1.29, 1.82) is 0 Å². The first-order chi connectivity index (χ1) is 19.0. The van der Waals surface area contributed by atoms with Gasteiger partial charge in [-0.1, -0.05) is 48.7 Å². The number of benzene rings is 2. The standard InChI is InChI=1S/C31H35N5O3/c1-20(21-9-5-4-6-10-21)39-25-14-8-12-23(16-25)22-11-7-13-24(15-22)36-30(28(18-32-36)31(37)38-3)27-17-26(27)29-19-35(2)34-33-29/h7-8,11-16,18-21,26-27H,4-6,9-10,17H2,1-3H3/t20-,26-,27+/m0/s1. The zero-order valence-corrected chi connectivity index (χ0v) is 22.8. The summed E-state index contributed by atoms with van der Waals surface area (Å²) < 4.78 is 15.1. The quantitative estimate of drug-likeness (QED) is 0.260. The normalized spacial score (nSPS) is 20.0. The van der Waals surface area contributed by atoms with Crippen molar-refractivity contribution in [2.24, 2.45) is 13.0 Å². The van der Waals surface area contributed by atoms with E-state index in [2.05, 4.69) is 52.7 Å². The predicted molar refractivity (Wildman–Crippen MR) is 148 cm³/mol. The molecule has 2 saturated carbocycles. The van der Waals surface area contributed by atoms with E-state index in [0.717, 1.165) is 40.4 Å². The molecule has 2 aliphatic rings. The van der Waals surface area contributed by atoms with Gasteiger partial charge in [0.15, 0.2) is 0 Å². The summed E-state index contributed by atoms with van der Waals surface area (Å²) >= 11 is 0. The van der Waals surface area contributed by atoms with Crippen molar-refractivity contribution in [2.45, 2.75) is 63.4 Å². The van der Waals surface area contributed by atoms with Crippen LogP contribution in [-0.4, -0.2) is 44.0 Å². The highest BCUT2D eigenvalue weighted by Crippen LogP contribution is 2.55. The van der Waals surface area contributed by atoms with E-state index < -0.39 is 0 Å². The van der Waals surface area contributed by atoms with Crippen LogP contribution < -0.4 is 4.74 Å². The van der Waals surface area contributed by atoms with Gasteiger partial charge < -0.3 is 9.47 Å². The Hall–Kier alpha value is -3.94. The minimum absolute atomic E-state index is 0.111. The number of aromatic nitrogens is 5. The van der Waals surface area contributed by atoms with Crippen molar-refractivity contribution in [3.63, 3.8) is 0 Å². The van der Waals surface area contributed by atoms with E-state index in [1.165, 1.54) is 39.2 Å². The van der Waals surface area contributed by atoms with Crippen LogP contribution in [0.5, 0.6) is 5.75 Å². The molecule has 2 heterocycles. The summed E-state index contributed by atoms with van der Waals surface area (Å²) in [4.78, 5) is 12.7. The first-order valence-electron chi connectivity index (χ1n) is 13.9. The number of ether oxygens (including phenoxy) is 2. The summed E-state index contributed by atoms with van der Waals surface area (Å²) in [6.45, 7) is 2.20. The van der Waals surface area contributed by atoms with Crippen molar-refractivity contribution in [1.82, 2.24) is 24.8 Å². The largest absolute Gasteiger partial charge is 0.490 e. The minimum Gasteiger partial charge on any atom is -0.490 e. The lowest BCUT2D eigenvalue weighted by Crippen LogP contribution is -2.25. The van der Waals surface area contributed by atoms with E-state index in [1.807, 2.05) is 36.1 Å². The van der Waals surface area contributed by atoms with Gasteiger partial charge in [-0.3, -0.25) is 4.68 Å². The summed E-state index contributed by atoms with van der Waals surface area (Å²) in [7, 11) is 3.27. The molecule has 2 aromatic carbocycles. The van der Waals surface area contributed by atoms with Gasteiger partial charge in [0.25, 0.3) is 0 Å². The van der Waals surface area contributed by atoms with Gasteiger partial charge in [0.1, 0.15) is 11.3 Å². The van der Waals surface area contributed by atoms with Crippen molar-refractivity contribution in [3.8, 4) is 22.6 Å². The van der Waals surface area contributed by atoms with Crippen LogP contribution in [0.4, 0.5) is 0 Å². The van der Waals surface area contributed by atoms with E-state index in [0.29, 0.717) is 11.5 Å². The molecule has 0 saturated heterocycles. The molecule has 0 spiro atoms. The van der Waals surface area contributed by atoms with E-state index in [-0.39, 0.29) is 23.9 Å². The molecule has 2 aromatic heterocycles. The smallest absolute Gasteiger partial charge is 0.341 e. The highest BCUT2D eigenvalue weighted by Gasteiger charge is 2.46. The Labute approximate surface area is 228 Å². The lowest BCUT2D eigenvalue weighted by molar-refractivity contribution is 0.0599. The van der Waals surface area contributed by atoms with Crippen LogP contribution in [0.3, 0.4) is 0 Å². The van der Waals surface area contributed by atoms with E-state index >= 15 is 0 Å². The number of carbonyl (C=O) groups excluding carboxylic acids is 1. The van der Waals surface area contributed by atoms with Crippen molar-refractivity contribution in [2.75, 3.05) is 7.11 Å². The van der Waals surface area contributed by atoms with Gasteiger partial charge in [0, 0.05) is 25.1 Å².